The van der Waals surface area contributed by atoms with Gasteiger partial charge in [-0.2, -0.15) is 0 Å². The normalized spacial score (nSPS) is 25.5. The van der Waals surface area contributed by atoms with Crippen molar-refractivity contribution in [2.75, 3.05) is 18.5 Å². The standard InChI is InChI=1S/C14H15N3O3S/c1-16-13(18)10-6-9(21(19)20)4-5-11(10)17-12(8-2-3-8)7-15-14(16)17/h4-6,8,12H,2-3,7H2,1H3,(H,19,20). The van der Waals surface area contributed by atoms with Gasteiger partial charge in [0, 0.05) is 7.05 Å². The molecule has 1 N–H and O–H groups in total. The molecule has 2 atom stereocenters. The number of anilines is 1. The third-order valence-electron chi connectivity index (χ3n) is 4.40. The lowest BCUT2D eigenvalue weighted by atomic mass is 10.0. The van der Waals surface area contributed by atoms with Crippen molar-refractivity contribution >= 4 is 28.6 Å². The van der Waals surface area contributed by atoms with Crippen molar-refractivity contribution in [1.82, 2.24) is 4.90 Å². The molecule has 1 amide bonds. The van der Waals surface area contributed by atoms with Gasteiger partial charge in [0.1, 0.15) is 0 Å². The second-order valence-electron chi connectivity index (χ2n) is 5.71. The van der Waals surface area contributed by atoms with Crippen LogP contribution in [-0.4, -0.2) is 45.2 Å². The van der Waals surface area contributed by atoms with Crippen LogP contribution in [0, 0.1) is 5.92 Å². The highest BCUT2D eigenvalue weighted by atomic mass is 32.2. The zero-order valence-electron chi connectivity index (χ0n) is 11.5. The fraction of sp³-hybridized carbons (Fsp3) is 0.429. The average Bonchev–Trinajstić information content (AvgIpc) is 3.23. The molecular formula is C14H15N3O3S. The molecule has 6 nitrogen and oxygen atoms in total. The maximum absolute atomic E-state index is 12.5. The molecule has 110 valence electrons. The number of carbonyl (C=O) groups is 1. The van der Waals surface area contributed by atoms with Crippen LogP contribution in [0.3, 0.4) is 0 Å². The van der Waals surface area contributed by atoms with Gasteiger partial charge in [-0.25, -0.2) is 4.21 Å². The van der Waals surface area contributed by atoms with E-state index in [0.29, 0.717) is 30.0 Å². The van der Waals surface area contributed by atoms with Crippen molar-refractivity contribution in [3.8, 4) is 0 Å². The summed E-state index contributed by atoms with van der Waals surface area (Å²) in [4.78, 5) is 20.9. The van der Waals surface area contributed by atoms with Crippen LogP contribution in [0.15, 0.2) is 28.1 Å². The van der Waals surface area contributed by atoms with Gasteiger partial charge >= 0.3 is 0 Å². The lowest BCUT2D eigenvalue weighted by Gasteiger charge is -2.37. The molecule has 2 heterocycles. The highest BCUT2D eigenvalue weighted by molar-refractivity contribution is 7.79. The molecule has 1 saturated carbocycles. The summed E-state index contributed by atoms with van der Waals surface area (Å²) in [6.07, 6.45) is 2.41. The predicted octanol–water partition coefficient (Wildman–Crippen LogP) is 1.31. The first-order valence-electron chi connectivity index (χ1n) is 6.94. The minimum atomic E-state index is -2.08. The van der Waals surface area contributed by atoms with Gasteiger partial charge in [-0.05, 0) is 37.0 Å². The third kappa shape index (κ3) is 1.84. The van der Waals surface area contributed by atoms with Crippen molar-refractivity contribution in [1.29, 1.82) is 0 Å². The smallest absolute Gasteiger partial charge is 0.262 e. The zero-order valence-corrected chi connectivity index (χ0v) is 12.3. The van der Waals surface area contributed by atoms with Crippen molar-refractivity contribution in [3.63, 3.8) is 0 Å². The van der Waals surface area contributed by atoms with Crippen molar-refractivity contribution in [3.05, 3.63) is 23.8 Å². The fourth-order valence-electron chi connectivity index (χ4n) is 3.15. The molecule has 0 bridgehead atoms. The van der Waals surface area contributed by atoms with Crippen LogP contribution < -0.4 is 4.90 Å². The van der Waals surface area contributed by atoms with E-state index in [4.69, 9.17) is 0 Å². The molecule has 1 aromatic rings. The number of hydrogen-bond acceptors (Lipinski definition) is 4. The van der Waals surface area contributed by atoms with Crippen LogP contribution in [0.25, 0.3) is 0 Å². The third-order valence-corrected chi connectivity index (χ3v) is 5.05. The Hall–Kier alpha value is -1.73. The Morgan fingerprint density at radius 3 is 2.81 bits per heavy atom. The fourth-order valence-corrected chi connectivity index (χ4v) is 3.56. The Balaban J connectivity index is 1.86. The minimum absolute atomic E-state index is 0.177. The summed E-state index contributed by atoms with van der Waals surface area (Å²) in [5.74, 6) is 1.15. The van der Waals surface area contributed by atoms with Crippen LogP contribution in [0.2, 0.25) is 0 Å². The second-order valence-corrected chi connectivity index (χ2v) is 6.68. The maximum Gasteiger partial charge on any atom is 0.262 e. The maximum atomic E-state index is 12.5. The molecule has 0 radical (unpaired) electrons. The second kappa shape index (κ2) is 4.38. The van der Waals surface area contributed by atoms with Crippen molar-refractivity contribution in [2.45, 2.75) is 23.8 Å². The Morgan fingerprint density at radius 1 is 1.38 bits per heavy atom. The molecule has 1 fully saturated rings. The highest BCUT2D eigenvalue weighted by Gasteiger charge is 2.45. The Labute approximate surface area is 124 Å². The van der Waals surface area contributed by atoms with E-state index in [9.17, 15) is 13.6 Å². The minimum Gasteiger partial charge on any atom is -0.306 e. The number of hydrogen-bond donors (Lipinski definition) is 1. The molecule has 7 heteroatoms. The van der Waals surface area contributed by atoms with Crippen molar-refractivity contribution in [2.24, 2.45) is 10.9 Å². The monoisotopic (exact) mass is 305 g/mol. The van der Waals surface area contributed by atoms with E-state index in [-0.39, 0.29) is 10.8 Å². The predicted molar refractivity (Wildman–Crippen MR) is 78.9 cm³/mol. The van der Waals surface area contributed by atoms with Crippen LogP contribution in [0.1, 0.15) is 23.2 Å². The molecule has 2 unspecified atom stereocenters. The molecule has 3 aliphatic rings. The van der Waals surface area contributed by atoms with Gasteiger partial charge in [0.15, 0.2) is 11.1 Å². The van der Waals surface area contributed by atoms with Gasteiger partial charge in [0.25, 0.3) is 5.91 Å². The summed E-state index contributed by atoms with van der Waals surface area (Å²) >= 11 is -2.08. The quantitative estimate of drug-likeness (QED) is 0.836. The number of rotatable bonds is 2. The van der Waals surface area contributed by atoms with Gasteiger partial charge in [0.2, 0.25) is 5.96 Å². The first-order chi connectivity index (χ1) is 10.1. The molecule has 1 aromatic carbocycles. The van der Waals surface area contributed by atoms with Gasteiger partial charge in [0.05, 0.1) is 28.7 Å². The Morgan fingerprint density at radius 2 is 2.14 bits per heavy atom. The zero-order chi connectivity index (χ0) is 14.7. The summed E-state index contributed by atoms with van der Waals surface area (Å²) in [5.41, 5.74) is 1.28. The van der Waals surface area contributed by atoms with Crippen LogP contribution in [0.5, 0.6) is 0 Å². The van der Waals surface area contributed by atoms with Gasteiger partial charge < -0.3 is 9.45 Å². The van der Waals surface area contributed by atoms with Gasteiger partial charge in [-0.3, -0.25) is 14.7 Å². The summed E-state index contributed by atoms with van der Waals surface area (Å²) in [7, 11) is 1.70. The Kier molecular flexibility index (Phi) is 2.71. The lowest BCUT2D eigenvalue weighted by Crippen LogP contribution is -2.51. The number of guanidine groups is 1. The molecule has 1 aliphatic carbocycles. The largest absolute Gasteiger partial charge is 0.306 e. The molecule has 4 rings (SSSR count). The first kappa shape index (κ1) is 13.0. The first-order valence-corrected chi connectivity index (χ1v) is 8.05. The number of nitrogens with zero attached hydrogens (tertiary/aromatic N) is 3. The number of carbonyl (C=O) groups excluding carboxylic acids is 1. The summed E-state index contributed by atoms with van der Waals surface area (Å²) in [6, 6.07) is 5.19. The summed E-state index contributed by atoms with van der Waals surface area (Å²) in [6.45, 7) is 0.713. The van der Waals surface area contributed by atoms with E-state index in [0.717, 1.165) is 5.69 Å². The van der Waals surface area contributed by atoms with Crippen LogP contribution in [-0.2, 0) is 11.1 Å². The van der Waals surface area contributed by atoms with Crippen LogP contribution >= 0.6 is 0 Å². The topological polar surface area (TPSA) is 73.2 Å². The molecule has 0 saturated heterocycles. The molecule has 21 heavy (non-hydrogen) atoms. The number of amides is 1. The van der Waals surface area contributed by atoms with E-state index in [1.54, 1.807) is 19.2 Å². The SMILES string of the molecule is CN1C(=O)c2cc(S(=O)O)ccc2N2C1=NCC2C1CC1. The average molecular weight is 305 g/mol. The number of benzene rings is 1. The van der Waals surface area contributed by atoms with Gasteiger partial charge in [-0.1, -0.05) is 0 Å². The molecule has 0 aromatic heterocycles. The summed E-state index contributed by atoms with van der Waals surface area (Å²) in [5, 5.41) is 0. The van der Waals surface area contributed by atoms with Gasteiger partial charge in [-0.15, -0.1) is 0 Å². The van der Waals surface area contributed by atoms with E-state index in [2.05, 4.69) is 9.89 Å². The van der Waals surface area contributed by atoms with E-state index in [1.807, 2.05) is 0 Å². The van der Waals surface area contributed by atoms with Crippen LogP contribution in [0.4, 0.5) is 5.69 Å². The molecule has 0 spiro atoms. The van der Waals surface area contributed by atoms with E-state index >= 15 is 0 Å². The summed E-state index contributed by atoms with van der Waals surface area (Å²) < 4.78 is 20.5. The lowest BCUT2D eigenvalue weighted by molar-refractivity contribution is 0.0864. The van der Waals surface area contributed by atoms with E-state index < -0.39 is 11.1 Å². The van der Waals surface area contributed by atoms with E-state index in [1.165, 1.54) is 23.8 Å². The molecular weight excluding hydrogens is 290 g/mol. The molecule has 2 aliphatic heterocycles. The number of fused-ring (bicyclic) bond motifs is 3. The van der Waals surface area contributed by atoms with Crippen molar-refractivity contribution < 1.29 is 13.6 Å². The number of aliphatic imine (C=N–C) groups is 1. The highest BCUT2D eigenvalue weighted by Crippen LogP contribution is 2.42. The Bertz CT molecular complexity index is 699.